The van der Waals surface area contributed by atoms with Gasteiger partial charge in [-0.25, -0.2) is 0 Å². The summed E-state index contributed by atoms with van der Waals surface area (Å²) < 4.78 is 0. The topological polar surface area (TPSA) is 24.7 Å². The summed E-state index contributed by atoms with van der Waals surface area (Å²) in [4.78, 5) is 1.46. The Morgan fingerprint density at radius 1 is 0.964 bits per heavy atom. The summed E-state index contributed by atoms with van der Waals surface area (Å²) in [5.41, 5.74) is 1.55. The van der Waals surface area contributed by atoms with Gasteiger partial charge in [-0.15, -0.1) is 0 Å². The van der Waals surface area contributed by atoms with E-state index < -0.39 is 5.60 Å². The van der Waals surface area contributed by atoms with Crippen LogP contribution in [0.15, 0.2) is 60.7 Å². The van der Waals surface area contributed by atoms with Crippen LogP contribution in [0, 0.1) is 17.8 Å². The second-order valence-corrected chi connectivity index (χ2v) is 8.45. The van der Waals surface area contributed by atoms with E-state index in [0.29, 0.717) is 18.4 Å². The SMILES string of the molecule is CC(C)[NH+](CC#CC[C@@](O)(c1ccccc1)C1CCCC1)Cc1ccccc1. The highest BCUT2D eigenvalue weighted by atomic mass is 16.3. The zero-order valence-electron chi connectivity index (χ0n) is 17.3. The molecule has 2 N–H and O–H groups in total. The van der Waals surface area contributed by atoms with E-state index in [9.17, 15) is 5.11 Å². The van der Waals surface area contributed by atoms with Gasteiger partial charge in [-0.1, -0.05) is 79.4 Å². The van der Waals surface area contributed by atoms with Gasteiger partial charge in [0, 0.05) is 12.0 Å². The largest absolute Gasteiger partial charge is 0.384 e. The number of benzene rings is 2. The molecular weight excluding hydrogens is 342 g/mol. The lowest BCUT2D eigenvalue weighted by molar-refractivity contribution is -0.928. The summed E-state index contributed by atoms with van der Waals surface area (Å²) >= 11 is 0. The fraction of sp³-hybridized carbons (Fsp3) is 0.462. The molecule has 0 aliphatic heterocycles. The molecule has 28 heavy (non-hydrogen) atoms. The number of nitrogens with one attached hydrogen (secondary N) is 1. The van der Waals surface area contributed by atoms with Gasteiger partial charge in [0.2, 0.25) is 0 Å². The summed E-state index contributed by atoms with van der Waals surface area (Å²) in [6.45, 7) is 6.29. The van der Waals surface area contributed by atoms with Crippen molar-refractivity contribution in [3.8, 4) is 11.8 Å². The molecule has 1 aliphatic rings. The molecule has 2 heteroatoms. The number of hydrogen-bond donors (Lipinski definition) is 2. The Hall–Kier alpha value is -2.08. The molecule has 0 aromatic heterocycles. The minimum absolute atomic E-state index is 0.321. The van der Waals surface area contributed by atoms with Crippen LogP contribution in [-0.4, -0.2) is 17.7 Å². The predicted molar refractivity (Wildman–Crippen MR) is 116 cm³/mol. The highest BCUT2D eigenvalue weighted by Crippen LogP contribution is 2.42. The number of hydrogen-bond acceptors (Lipinski definition) is 1. The molecule has 2 aromatic rings. The summed E-state index contributed by atoms with van der Waals surface area (Å²) in [6.07, 6.45) is 5.17. The first-order valence-electron chi connectivity index (χ1n) is 10.7. The van der Waals surface area contributed by atoms with Crippen LogP contribution in [0.3, 0.4) is 0 Å². The van der Waals surface area contributed by atoms with Crippen molar-refractivity contribution >= 4 is 0 Å². The minimum atomic E-state index is -0.817. The van der Waals surface area contributed by atoms with E-state index >= 15 is 0 Å². The van der Waals surface area contributed by atoms with Crippen molar-refractivity contribution in [2.24, 2.45) is 5.92 Å². The normalized spacial score (nSPS) is 17.7. The fourth-order valence-corrected chi connectivity index (χ4v) is 4.31. The molecule has 148 valence electrons. The summed E-state index contributed by atoms with van der Waals surface area (Å²) in [5, 5.41) is 11.6. The number of rotatable bonds is 7. The first-order valence-corrected chi connectivity index (χ1v) is 10.7. The van der Waals surface area contributed by atoms with Crippen LogP contribution >= 0.6 is 0 Å². The molecule has 1 saturated carbocycles. The average molecular weight is 377 g/mol. The van der Waals surface area contributed by atoms with Crippen molar-refractivity contribution in [2.75, 3.05) is 6.54 Å². The van der Waals surface area contributed by atoms with E-state index in [-0.39, 0.29) is 0 Å². The summed E-state index contributed by atoms with van der Waals surface area (Å²) in [7, 11) is 0. The Kier molecular flexibility index (Phi) is 7.31. The second-order valence-electron chi connectivity index (χ2n) is 8.45. The molecule has 2 atom stereocenters. The zero-order valence-corrected chi connectivity index (χ0v) is 17.3. The molecular formula is C26H34NO+. The summed E-state index contributed by atoms with van der Waals surface area (Å²) in [6, 6.07) is 21.3. The molecule has 0 spiro atoms. The standard InChI is InChI=1S/C26H33NO/c1-22(2)27(21-23-13-5-3-6-14-23)20-12-11-19-26(28,25-17-9-10-18-25)24-15-7-4-8-16-24/h3-8,13-16,22,25,28H,9-10,17-21H2,1-2H3/p+1/t26-/m1/s1. The third-order valence-corrected chi connectivity index (χ3v) is 6.19. The van der Waals surface area contributed by atoms with Crippen LogP contribution in [0.1, 0.15) is 57.1 Å². The smallest absolute Gasteiger partial charge is 0.139 e. The van der Waals surface area contributed by atoms with Crippen molar-refractivity contribution in [1.29, 1.82) is 0 Å². The maximum Gasteiger partial charge on any atom is 0.139 e. The molecule has 0 saturated heterocycles. The van der Waals surface area contributed by atoms with Crippen molar-refractivity contribution in [1.82, 2.24) is 0 Å². The quantitative estimate of drug-likeness (QED) is 0.703. The van der Waals surface area contributed by atoms with Crippen molar-refractivity contribution < 1.29 is 10.0 Å². The maximum absolute atomic E-state index is 11.6. The van der Waals surface area contributed by atoms with Crippen LogP contribution in [0.4, 0.5) is 0 Å². The molecule has 2 nitrogen and oxygen atoms in total. The lowest BCUT2D eigenvalue weighted by Gasteiger charge is -2.33. The van der Waals surface area contributed by atoms with E-state index in [1.165, 1.54) is 23.3 Å². The molecule has 1 unspecified atom stereocenters. The molecule has 2 aromatic carbocycles. The Morgan fingerprint density at radius 2 is 1.57 bits per heavy atom. The number of aliphatic hydroxyl groups is 1. The van der Waals surface area contributed by atoms with E-state index in [0.717, 1.165) is 31.5 Å². The number of quaternary nitrogens is 1. The van der Waals surface area contributed by atoms with Gasteiger partial charge in [-0.05, 0) is 44.1 Å². The predicted octanol–water partition coefficient (Wildman–Crippen LogP) is 3.95. The Labute approximate surface area is 170 Å². The van der Waals surface area contributed by atoms with E-state index in [4.69, 9.17) is 0 Å². The maximum atomic E-state index is 11.6. The van der Waals surface area contributed by atoms with Gasteiger partial charge in [0.05, 0.1) is 6.04 Å². The highest BCUT2D eigenvalue weighted by molar-refractivity contribution is 5.26. The van der Waals surface area contributed by atoms with Gasteiger partial charge in [0.1, 0.15) is 18.7 Å². The molecule has 0 amide bonds. The van der Waals surface area contributed by atoms with Crippen molar-refractivity contribution in [2.45, 2.75) is 64.1 Å². The van der Waals surface area contributed by atoms with Crippen LogP contribution in [0.2, 0.25) is 0 Å². The van der Waals surface area contributed by atoms with Crippen molar-refractivity contribution in [3.05, 3.63) is 71.8 Å². The van der Waals surface area contributed by atoms with Crippen LogP contribution in [0.5, 0.6) is 0 Å². The first-order chi connectivity index (χ1) is 13.6. The van der Waals surface area contributed by atoms with Gasteiger partial charge in [0.25, 0.3) is 0 Å². The van der Waals surface area contributed by atoms with E-state index in [1.807, 2.05) is 18.2 Å². The molecule has 0 bridgehead atoms. The third kappa shape index (κ3) is 5.25. The molecule has 0 heterocycles. The Morgan fingerprint density at radius 3 is 2.18 bits per heavy atom. The second kappa shape index (κ2) is 9.92. The molecule has 1 fully saturated rings. The Bertz CT molecular complexity index is 768. The molecule has 3 rings (SSSR count). The van der Waals surface area contributed by atoms with Crippen LogP contribution < -0.4 is 4.90 Å². The van der Waals surface area contributed by atoms with Gasteiger partial charge in [0.15, 0.2) is 0 Å². The third-order valence-electron chi connectivity index (χ3n) is 6.19. The van der Waals surface area contributed by atoms with Gasteiger partial charge < -0.3 is 10.0 Å². The van der Waals surface area contributed by atoms with Gasteiger partial charge in [-0.3, -0.25) is 0 Å². The van der Waals surface area contributed by atoms with Crippen molar-refractivity contribution in [3.63, 3.8) is 0 Å². The molecule has 1 aliphatic carbocycles. The van der Waals surface area contributed by atoms with Crippen LogP contribution in [0.25, 0.3) is 0 Å². The lowest BCUT2D eigenvalue weighted by atomic mass is 9.78. The summed E-state index contributed by atoms with van der Waals surface area (Å²) in [5.74, 6) is 7.06. The van der Waals surface area contributed by atoms with Gasteiger partial charge in [-0.2, -0.15) is 0 Å². The minimum Gasteiger partial charge on any atom is -0.384 e. The lowest BCUT2D eigenvalue weighted by Crippen LogP contribution is -3.13. The molecule has 0 radical (unpaired) electrons. The zero-order chi connectivity index (χ0) is 19.8. The van der Waals surface area contributed by atoms with E-state index in [1.54, 1.807) is 0 Å². The highest BCUT2D eigenvalue weighted by Gasteiger charge is 2.39. The fourth-order valence-electron chi connectivity index (χ4n) is 4.31. The van der Waals surface area contributed by atoms with Crippen LogP contribution in [-0.2, 0) is 12.1 Å². The van der Waals surface area contributed by atoms with Gasteiger partial charge >= 0.3 is 0 Å². The Balaban J connectivity index is 1.68. The first kappa shape index (κ1) is 20.6. The monoisotopic (exact) mass is 376 g/mol. The van der Waals surface area contributed by atoms with E-state index in [2.05, 4.69) is 68.2 Å². The average Bonchev–Trinajstić information content (AvgIpc) is 3.27.